The third-order valence-corrected chi connectivity index (χ3v) is 5.34. The molecule has 0 bridgehead atoms. The first-order valence-electron chi connectivity index (χ1n) is 6.86. The Balaban J connectivity index is 3.01. The van der Waals surface area contributed by atoms with E-state index in [0.717, 1.165) is 18.2 Å². The van der Waals surface area contributed by atoms with Gasteiger partial charge in [0.05, 0.1) is 4.90 Å². The Morgan fingerprint density at radius 3 is 2.04 bits per heavy atom. The average molecular weight is 373 g/mol. The van der Waals surface area contributed by atoms with E-state index in [9.17, 15) is 25.8 Å². The Morgan fingerprint density at radius 2 is 1.54 bits per heavy atom. The van der Waals surface area contributed by atoms with E-state index in [1.54, 1.807) is 13.8 Å². The predicted molar refractivity (Wildman–Crippen MR) is 87.1 cm³/mol. The summed E-state index contributed by atoms with van der Waals surface area (Å²) >= 11 is 0. The van der Waals surface area contributed by atoms with E-state index in [1.165, 1.54) is 18.2 Å². The van der Waals surface area contributed by atoms with Gasteiger partial charge in [0.15, 0.2) is 0 Å². The Morgan fingerprint density at radius 1 is 1.00 bits per heavy atom. The van der Waals surface area contributed by atoms with Crippen molar-refractivity contribution in [1.82, 2.24) is 0 Å². The number of halogens is 1. The van der Waals surface area contributed by atoms with Gasteiger partial charge >= 0.3 is 0 Å². The SMILES string of the molecule is CC(C)c1cccc(-c2c(S(N)(=O)=O)cccc2S(=O)(=O)O)c1F. The van der Waals surface area contributed by atoms with Gasteiger partial charge in [-0.05, 0) is 23.6 Å². The minimum atomic E-state index is -4.80. The molecule has 0 aliphatic rings. The van der Waals surface area contributed by atoms with E-state index in [1.807, 2.05) is 0 Å². The Kier molecular flexibility index (Phi) is 4.82. The Labute approximate surface area is 139 Å². The van der Waals surface area contributed by atoms with Crippen molar-refractivity contribution >= 4 is 20.1 Å². The van der Waals surface area contributed by atoms with Gasteiger partial charge in [0.2, 0.25) is 10.0 Å². The van der Waals surface area contributed by atoms with Crippen LogP contribution in [0.3, 0.4) is 0 Å². The highest BCUT2D eigenvalue weighted by molar-refractivity contribution is 7.89. The zero-order valence-electron chi connectivity index (χ0n) is 12.9. The summed E-state index contributed by atoms with van der Waals surface area (Å²) in [6.45, 7) is 3.47. The first-order chi connectivity index (χ1) is 10.9. The molecule has 2 aromatic carbocycles. The van der Waals surface area contributed by atoms with Crippen LogP contribution in [0, 0.1) is 5.82 Å². The van der Waals surface area contributed by atoms with Gasteiger partial charge < -0.3 is 0 Å². The van der Waals surface area contributed by atoms with Crippen LogP contribution in [-0.2, 0) is 20.1 Å². The summed E-state index contributed by atoms with van der Waals surface area (Å²) in [6.07, 6.45) is 0. The lowest BCUT2D eigenvalue weighted by Gasteiger charge is -2.15. The molecule has 0 aliphatic heterocycles. The zero-order chi connectivity index (χ0) is 18.3. The molecule has 0 saturated carbocycles. The first kappa shape index (κ1) is 18.5. The van der Waals surface area contributed by atoms with E-state index in [0.29, 0.717) is 0 Å². The van der Waals surface area contributed by atoms with Crippen molar-refractivity contribution in [2.75, 3.05) is 0 Å². The van der Waals surface area contributed by atoms with Gasteiger partial charge in [0.25, 0.3) is 10.1 Å². The molecule has 130 valence electrons. The van der Waals surface area contributed by atoms with Crippen LogP contribution in [-0.4, -0.2) is 21.4 Å². The quantitative estimate of drug-likeness (QED) is 0.799. The largest absolute Gasteiger partial charge is 0.295 e. The lowest BCUT2D eigenvalue weighted by Crippen LogP contribution is -2.16. The number of hydrogen-bond donors (Lipinski definition) is 2. The Hall–Kier alpha value is -1.81. The second kappa shape index (κ2) is 6.25. The summed E-state index contributed by atoms with van der Waals surface area (Å²) in [7, 11) is -9.16. The van der Waals surface area contributed by atoms with Gasteiger partial charge in [-0.15, -0.1) is 0 Å². The number of primary sulfonamides is 1. The van der Waals surface area contributed by atoms with E-state index in [2.05, 4.69) is 0 Å². The molecule has 3 N–H and O–H groups in total. The molecule has 0 aromatic heterocycles. The number of sulfonamides is 1. The fraction of sp³-hybridized carbons (Fsp3) is 0.200. The molecule has 2 rings (SSSR count). The van der Waals surface area contributed by atoms with Crippen molar-refractivity contribution in [2.24, 2.45) is 5.14 Å². The Bertz CT molecular complexity index is 948. The third kappa shape index (κ3) is 3.48. The van der Waals surface area contributed by atoms with Crippen LogP contribution in [0.4, 0.5) is 4.39 Å². The fourth-order valence-corrected chi connectivity index (χ4v) is 3.98. The molecule has 0 unspecified atom stereocenters. The maximum absolute atomic E-state index is 14.8. The van der Waals surface area contributed by atoms with Crippen molar-refractivity contribution in [3.63, 3.8) is 0 Å². The highest BCUT2D eigenvalue weighted by atomic mass is 32.2. The van der Waals surface area contributed by atoms with Gasteiger partial charge in [0, 0.05) is 11.1 Å². The molecule has 0 saturated heterocycles. The summed E-state index contributed by atoms with van der Waals surface area (Å²) < 4.78 is 71.1. The molecule has 0 radical (unpaired) electrons. The second-order valence-corrected chi connectivity index (χ2v) is 8.43. The highest BCUT2D eigenvalue weighted by Crippen LogP contribution is 2.36. The van der Waals surface area contributed by atoms with Crippen molar-refractivity contribution < 1.29 is 25.8 Å². The molecular formula is C15H16FNO5S2. The van der Waals surface area contributed by atoms with Crippen LogP contribution in [0.25, 0.3) is 11.1 Å². The number of nitrogens with two attached hydrogens (primary N) is 1. The van der Waals surface area contributed by atoms with Crippen molar-refractivity contribution in [3.8, 4) is 11.1 Å². The topological polar surface area (TPSA) is 115 Å². The fourth-order valence-electron chi connectivity index (χ4n) is 2.42. The van der Waals surface area contributed by atoms with Gasteiger partial charge in [-0.3, -0.25) is 4.55 Å². The van der Waals surface area contributed by atoms with E-state index in [-0.39, 0.29) is 17.0 Å². The monoisotopic (exact) mass is 373 g/mol. The van der Waals surface area contributed by atoms with Crippen LogP contribution >= 0.6 is 0 Å². The molecule has 0 heterocycles. The number of hydrogen-bond acceptors (Lipinski definition) is 4. The summed E-state index contributed by atoms with van der Waals surface area (Å²) in [4.78, 5) is -1.31. The molecule has 0 aliphatic carbocycles. The second-order valence-electron chi connectivity index (χ2n) is 5.51. The van der Waals surface area contributed by atoms with Crippen LogP contribution in [0.2, 0.25) is 0 Å². The maximum atomic E-state index is 14.8. The first-order valence-corrected chi connectivity index (χ1v) is 9.85. The molecule has 0 spiro atoms. The third-order valence-electron chi connectivity index (χ3n) is 3.49. The molecule has 0 fully saturated rings. The minimum Gasteiger partial charge on any atom is -0.282 e. The maximum Gasteiger partial charge on any atom is 0.295 e. The van der Waals surface area contributed by atoms with Crippen molar-refractivity contribution in [3.05, 3.63) is 47.8 Å². The lowest BCUT2D eigenvalue weighted by molar-refractivity contribution is 0.483. The molecule has 6 nitrogen and oxygen atoms in total. The average Bonchev–Trinajstić information content (AvgIpc) is 2.44. The molecule has 24 heavy (non-hydrogen) atoms. The highest BCUT2D eigenvalue weighted by Gasteiger charge is 2.27. The van der Waals surface area contributed by atoms with E-state index < -0.39 is 41.3 Å². The number of benzene rings is 2. The predicted octanol–water partition coefficient (Wildman–Crippen LogP) is 2.51. The number of rotatable bonds is 4. The van der Waals surface area contributed by atoms with Crippen LogP contribution < -0.4 is 5.14 Å². The molecule has 0 atom stereocenters. The summed E-state index contributed by atoms with van der Waals surface area (Å²) in [5.74, 6) is -0.991. The van der Waals surface area contributed by atoms with Crippen molar-refractivity contribution in [1.29, 1.82) is 0 Å². The summed E-state index contributed by atoms with van der Waals surface area (Å²) in [5, 5.41) is 5.13. The van der Waals surface area contributed by atoms with Crippen LogP contribution in [0.1, 0.15) is 25.3 Å². The lowest BCUT2D eigenvalue weighted by atomic mass is 9.96. The van der Waals surface area contributed by atoms with Gasteiger partial charge in [-0.25, -0.2) is 17.9 Å². The van der Waals surface area contributed by atoms with E-state index in [4.69, 9.17) is 5.14 Å². The standard InChI is InChI=1S/C15H16FNO5S2/c1-9(2)10-5-3-6-11(15(10)16)14-12(23(17,18)19)7-4-8-13(14)24(20,21)22/h3-9H,1-2H3,(H2,17,18,19)(H,20,21,22). The molecule has 9 heteroatoms. The van der Waals surface area contributed by atoms with Gasteiger partial charge in [-0.1, -0.05) is 38.1 Å². The van der Waals surface area contributed by atoms with Crippen LogP contribution in [0.5, 0.6) is 0 Å². The van der Waals surface area contributed by atoms with E-state index >= 15 is 0 Å². The zero-order valence-corrected chi connectivity index (χ0v) is 14.5. The van der Waals surface area contributed by atoms with Gasteiger partial charge in [0.1, 0.15) is 10.7 Å². The van der Waals surface area contributed by atoms with Crippen LogP contribution in [0.15, 0.2) is 46.2 Å². The normalized spacial score (nSPS) is 12.6. The summed E-state index contributed by atoms with van der Waals surface area (Å²) in [5.41, 5.74) is -0.473. The minimum absolute atomic E-state index is 0.222. The molecular weight excluding hydrogens is 357 g/mol. The molecule has 0 amide bonds. The summed E-state index contributed by atoms with van der Waals surface area (Å²) in [6, 6.07) is 7.37. The van der Waals surface area contributed by atoms with Gasteiger partial charge in [-0.2, -0.15) is 8.42 Å². The molecule has 2 aromatic rings. The smallest absolute Gasteiger partial charge is 0.282 e. The van der Waals surface area contributed by atoms with Crippen molar-refractivity contribution in [2.45, 2.75) is 29.6 Å².